The Bertz CT molecular complexity index is 450. The Morgan fingerprint density at radius 3 is 3.08 bits per heavy atom. The molecular weight excluding hydrogens is 234 g/mol. The summed E-state index contributed by atoms with van der Waals surface area (Å²) in [5, 5.41) is 0.898. The van der Waals surface area contributed by atoms with E-state index < -0.39 is 0 Å². The van der Waals surface area contributed by atoms with Crippen LogP contribution in [0.3, 0.4) is 0 Å². The molecule has 1 aromatic heterocycles. The molecule has 4 heteroatoms. The van der Waals surface area contributed by atoms with E-state index in [1.165, 1.54) is 0 Å². The lowest BCUT2D eigenvalue weighted by Gasteiger charge is -1.94. The van der Waals surface area contributed by atoms with Crippen molar-refractivity contribution in [2.75, 3.05) is 0 Å². The number of carbonyl (C=O) groups excluding carboxylic acids is 1. The largest absolute Gasteiger partial charge is 0.426 e. The summed E-state index contributed by atoms with van der Waals surface area (Å²) in [6, 6.07) is 5.70. The fraction of sp³-hybridized carbons (Fsp3) is 0. The van der Waals surface area contributed by atoms with Crippen molar-refractivity contribution < 1.29 is 9.53 Å². The van der Waals surface area contributed by atoms with Gasteiger partial charge < -0.3 is 9.72 Å². The van der Waals surface area contributed by atoms with E-state index in [0.29, 0.717) is 12.2 Å². The van der Waals surface area contributed by atoms with Crippen LogP contribution in [0.25, 0.3) is 10.9 Å². The Labute approximate surface area is 82.8 Å². The van der Waals surface area contributed by atoms with Crippen LogP contribution in [0.1, 0.15) is 0 Å². The predicted octanol–water partition coefficient (Wildman–Crippen LogP) is 2.47. The van der Waals surface area contributed by atoms with Crippen molar-refractivity contribution >= 4 is 33.3 Å². The molecule has 0 bridgehead atoms. The topological polar surface area (TPSA) is 42.1 Å². The molecule has 0 aliphatic heterocycles. The number of nitrogens with one attached hydrogen (secondary N) is 1. The number of ether oxygens (including phenoxy) is 1. The van der Waals surface area contributed by atoms with Gasteiger partial charge in [-0.25, -0.2) is 0 Å². The third kappa shape index (κ3) is 1.45. The quantitative estimate of drug-likeness (QED) is 0.819. The first-order valence-corrected chi connectivity index (χ1v) is 4.47. The number of H-pyrrole nitrogens is 1. The van der Waals surface area contributed by atoms with E-state index in [4.69, 9.17) is 4.74 Å². The number of fused-ring (bicyclic) bond motifs is 1. The van der Waals surface area contributed by atoms with Crippen LogP contribution in [0.5, 0.6) is 5.75 Å². The van der Waals surface area contributed by atoms with Crippen molar-refractivity contribution in [3.8, 4) is 5.75 Å². The van der Waals surface area contributed by atoms with Crippen molar-refractivity contribution in [1.82, 2.24) is 4.98 Å². The van der Waals surface area contributed by atoms with Crippen molar-refractivity contribution in [1.29, 1.82) is 0 Å². The van der Waals surface area contributed by atoms with Gasteiger partial charge in [0.1, 0.15) is 0 Å². The highest BCUT2D eigenvalue weighted by atomic mass is 79.9. The maximum absolute atomic E-state index is 10.1. The van der Waals surface area contributed by atoms with E-state index in [-0.39, 0.29) is 0 Å². The average Bonchev–Trinajstić information content (AvgIpc) is 2.49. The standard InChI is InChI=1S/C9H6BrNO2/c10-6-1-2-7-8(3-6)11-4-9(7)13-5-12/h1-5,11H. The highest BCUT2D eigenvalue weighted by Crippen LogP contribution is 2.27. The SMILES string of the molecule is O=COc1c[nH]c2cc(Br)ccc12. The Kier molecular flexibility index (Phi) is 2.06. The Balaban J connectivity index is 2.61. The number of carbonyl (C=O) groups is 1. The van der Waals surface area contributed by atoms with Crippen LogP contribution in [-0.4, -0.2) is 11.5 Å². The summed E-state index contributed by atoms with van der Waals surface area (Å²) in [5.74, 6) is 0.553. The van der Waals surface area contributed by atoms with Crippen LogP contribution in [0.4, 0.5) is 0 Å². The monoisotopic (exact) mass is 239 g/mol. The molecule has 2 rings (SSSR count). The molecule has 0 fully saturated rings. The van der Waals surface area contributed by atoms with Crippen LogP contribution >= 0.6 is 15.9 Å². The van der Waals surface area contributed by atoms with Crippen LogP contribution in [0, 0.1) is 0 Å². The van der Waals surface area contributed by atoms with Crippen molar-refractivity contribution in [3.05, 3.63) is 28.9 Å². The summed E-state index contributed by atoms with van der Waals surface area (Å²) in [6.45, 7) is 0.421. The third-order valence-corrected chi connectivity index (χ3v) is 2.27. The number of hydrogen-bond acceptors (Lipinski definition) is 2. The molecule has 2 aromatic rings. The molecular formula is C9H6BrNO2. The molecule has 1 N–H and O–H groups in total. The minimum atomic E-state index is 0.421. The molecule has 1 heterocycles. The van der Waals surface area contributed by atoms with Gasteiger partial charge in [-0.05, 0) is 18.2 Å². The van der Waals surface area contributed by atoms with Crippen molar-refractivity contribution in [2.24, 2.45) is 0 Å². The second-order valence-electron chi connectivity index (χ2n) is 2.56. The smallest absolute Gasteiger partial charge is 0.298 e. The summed E-state index contributed by atoms with van der Waals surface area (Å²) in [7, 11) is 0. The van der Waals surface area contributed by atoms with E-state index in [1.807, 2.05) is 18.2 Å². The van der Waals surface area contributed by atoms with Crippen LogP contribution < -0.4 is 4.74 Å². The molecule has 0 aliphatic carbocycles. The zero-order valence-corrected chi connectivity index (χ0v) is 8.17. The second-order valence-corrected chi connectivity index (χ2v) is 3.47. The Hall–Kier alpha value is -1.29. The van der Waals surface area contributed by atoms with Gasteiger partial charge >= 0.3 is 0 Å². The highest BCUT2D eigenvalue weighted by molar-refractivity contribution is 9.10. The van der Waals surface area contributed by atoms with Crippen molar-refractivity contribution in [2.45, 2.75) is 0 Å². The molecule has 0 amide bonds. The summed E-state index contributed by atoms with van der Waals surface area (Å²) in [6.07, 6.45) is 1.66. The normalized spacial score (nSPS) is 10.2. The van der Waals surface area contributed by atoms with Gasteiger partial charge in [-0.3, -0.25) is 4.79 Å². The summed E-state index contributed by atoms with van der Waals surface area (Å²) < 4.78 is 5.76. The first-order valence-electron chi connectivity index (χ1n) is 3.68. The molecule has 3 nitrogen and oxygen atoms in total. The molecule has 1 aromatic carbocycles. The van der Waals surface area contributed by atoms with E-state index in [9.17, 15) is 4.79 Å². The third-order valence-electron chi connectivity index (χ3n) is 1.78. The van der Waals surface area contributed by atoms with E-state index in [2.05, 4.69) is 20.9 Å². The summed E-state index contributed by atoms with van der Waals surface area (Å²) in [5.41, 5.74) is 0.936. The Morgan fingerprint density at radius 2 is 2.31 bits per heavy atom. The van der Waals surface area contributed by atoms with E-state index >= 15 is 0 Å². The highest BCUT2D eigenvalue weighted by Gasteiger charge is 2.03. The molecule has 0 saturated carbocycles. The predicted molar refractivity (Wildman–Crippen MR) is 52.7 cm³/mol. The van der Waals surface area contributed by atoms with E-state index in [0.717, 1.165) is 15.4 Å². The fourth-order valence-electron chi connectivity index (χ4n) is 1.22. The Morgan fingerprint density at radius 1 is 1.46 bits per heavy atom. The van der Waals surface area contributed by atoms with Gasteiger partial charge in [-0.15, -0.1) is 0 Å². The van der Waals surface area contributed by atoms with Gasteiger partial charge in [-0.2, -0.15) is 0 Å². The summed E-state index contributed by atoms with van der Waals surface area (Å²) >= 11 is 3.35. The molecule has 0 saturated heterocycles. The van der Waals surface area contributed by atoms with Crippen LogP contribution in [-0.2, 0) is 4.79 Å². The van der Waals surface area contributed by atoms with Gasteiger partial charge in [0.15, 0.2) is 5.75 Å². The first-order chi connectivity index (χ1) is 6.31. The first kappa shape index (κ1) is 8.31. The number of benzene rings is 1. The number of hydrogen-bond donors (Lipinski definition) is 1. The lowest BCUT2D eigenvalue weighted by molar-refractivity contribution is -0.120. The number of halogens is 1. The number of aromatic nitrogens is 1. The molecule has 0 radical (unpaired) electrons. The zero-order valence-electron chi connectivity index (χ0n) is 6.58. The second kappa shape index (κ2) is 3.22. The van der Waals surface area contributed by atoms with Crippen molar-refractivity contribution in [3.63, 3.8) is 0 Å². The fourth-order valence-corrected chi connectivity index (χ4v) is 1.58. The molecule has 66 valence electrons. The van der Waals surface area contributed by atoms with Gasteiger partial charge in [0.2, 0.25) is 0 Å². The molecule has 13 heavy (non-hydrogen) atoms. The average molecular weight is 240 g/mol. The van der Waals surface area contributed by atoms with Gasteiger partial charge in [-0.1, -0.05) is 15.9 Å². The van der Waals surface area contributed by atoms with E-state index in [1.54, 1.807) is 6.20 Å². The van der Waals surface area contributed by atoms with Crippen LogP contribution in [0.2, 0.25) is 0 Å². The lowest BCUT2D eigenvalue weighted by atomic mass is 10.2. The van der Waals surface area contributed by atoms with Gasteiger partial charge in [0.25, 0.3) is 6.47 Å². The maximum Gasteiger partial charge on any atom is 0.298 e. The molecule has 0 atom stereocenters. The lowest BCUT2D eigenvalue weighted by Crippen LogP contribution is -1.85. The molecule has 0 unspecified atom stereocenters. The number of aromatic amines is 1. The zero-order chi connectivity index (χ0) is 9.26. The van der Waals surface area contributed by atoms with Crippen LogP contribution in [0.15, 0.2) is 28.9 Å². The summed E-state index contributed by atoms with van der Waals surface area (Å²) in [4.78, 5) is 13.1. The molecule has 0 aliphatic rings. The maximum atomic E-state index is 10.1. The van der Waals surface area contributed by atoms with Gasteiger partial charge in [0.05, 0.1) is 5.52 Å². The van der Waals surface area contributed by atoms with Gasteiger partial charge in [0, 0.05) is 16.1 Å². The molecule has 0 spiro atoms. The minimum Gasteiger partial charge on any atom is -0.426 e. The minimum absolute atomic E-state index is 0.421. The number of rotatable bonds is 2.